The number of nitrogens with zero attached hydrogens (tertiary/aromatic N) is 3. The molecule has 1 aromatic rings. The largest absolute Gasteiger partial charge is 0.312 e. The Bertz CT molecular complexity index is 412. The van der Waals surface area contributed by atoms with Crippen LogP contribution in [0.25, 0.3) is 0 Å². The lowest BCUT2D eigenvalue weighted by Crippen LogP contribution is -2.41. The monoisotopic (exact) mass is 262 g/mol. The van der Waals surface area contributed by atoms with Crippen molar-refractivity contribution in [3.8, 4) is 0 Å². The minimum atomic E-state index is 0.0537. The van der Waals surface area contributed by atoms with Crippen LogP contribution in [0, 0.1) is 6.92 Å². The van der Waals surface area contributed by atoms with Crippen molar-refractivity contribution in [2.24, 2.45) is 0 Å². The molecule has 0 aliphatic heterocycles. The molecule has 1 amide bonds. The molecule has 1 saturated carbocycles. The standard InChI is InChI=1S/C14H22N4O/c1-11-15-8-13(9-16-11)18(2)14(19)10-17-12-6-4-3-5-7-12/h8-9,12,17H,3-7,10H2,1-2H3. The Morgan fingerprint density at radius 1 is 1.32 bits per heavy atom. The number of aromatic nitrogens is 2. The van der Waals surface area contributed by atoms with Crippen LogP contribution in [0.4, 0.5) is 5.69 Å². The van der Waals surface area contributed by atoms with Gasteiger partial charge in [-0.2, -0.15) is 0 Å². The molecule has 0 bridgehead atoms. The first kappa shape index (κ1) is 13.9. The fraction of sp³-hybridized carbons (Fsp3) is 0.643. The van der Waals surface area contributed by atoms with Gasteiger partial charge in [0.1, 0.15) is 5.82 Å². The maximum Gasteiger partial charge on any atom is 0.240 e. The highest BCUT2D eigenvalue weighted by Crippen LogP contribution is 2.17. The molecular weight excluding hydrogens is 240 g/mol. The molecule has 5 heteroatoms. The van der Waals surface area contributed by atoms with Gasteiger partial charge in [0.15, 0.2) is 0 Å². The summed E-state index contributed by atoms with van der Waals surface area (Å²) >= 11 is 0. The molecule has 1 aliphatic carbocycles. The Morgan fingerprint density at radius 2 is 1.95 bits per heavy atom. The van der Waals surface area contributed by atoms with Crippen molar-refractivity contribution in [2.45, 2.75) is 45.1 Å². The molecule has 0 unspecified atom stereocenters. The number of carbonyl (C=O) groups excluding carboxylic acids is 1. The van der Waals surface area contributed by atoms with Crippen LogP contribution in [0.5, 0.6) is 0 Å². The van der Waals surface area contributed by atoms with Crippen molar-refractivity contribution >= 4 is 11.6 Å². The van der Waals surface area contributed by atoms with Gasteiger partial charge >= 0.3 is 0 Å². The van der Waals surface area contributed by atoms with Gasteiger partial charge in [0.2, 0.25) is 5.91 Å². The lowest BCUT2D eigenvalue weighted by atomic mass is 9.95. The van der Waals surface area contributed by atoms with Gasteiger partial charge in [0.05, 0.1) is 24.6 Å². The minimum absolute atomic E-state index is 0.0537. The van der Waals surface area contributed by atoms with Crippen LogP contribution in [-0.4, -0.2) is 35.5 Å². The molecule has 0 radical (unpaired) electrons. The zero-order chi connectivity index (χ0) is 13.7. The Labute approximate surface area is 114 Å². The summed E-state index contributed by atoms with van der Waals surface area (Å²) in [6.45, 7) is 2.21. The van der Waals surface area contributed by atoms with E-state index in [0.29, 0.717) is 18.4 Å². The molecule has 5 nitrogen and oxygen atoms in total. The fourth-order valence-corrected chi connectivity index (χ4v) is 2.36. The third kappa shape index (κ3) is 3.99. The van der Waals surface area contributed by atoms with Crippen LogP contribution in [0.2, 0.25) is 0 Å². The highest BCUT2D eigenvalue weighted by molar-refractivity contribution is 5.93. The number of aryl methyl sites for hydroxylation is 1. The Kier molecular flexibility index (Phi) is 4.85. The van der Waals surface area contributed by atoms with Crippen LogP contribution < -0.4 is 10.2 Å². The van der Waals surface area contributed by atoms with Gasteiger partial charge in [-0.25, -0.2) is 9.97 Å². The van der Waals surface area contributed by atoms with Gasteiger partial charge in [0, 0.05) is 13.1 Å². The Morgan fingerprint density at radius 3 is 2.58 bits per heavy atom. The third-order valence-corrected chi connectivity index (χ3v) is 3.68. The summed E-state index contributed by atoms with van der Waals surface area (Å²) in [5.41, 5.74) is 0.737. The summed E-state index contributed by atoms with van der Waals surface area (Å²) in [6.07, 6.45) is 9.60. The summed E-state index contributed by atoms with van der Waals surface area (Å²) in [7, 11) is 1.76. The van der Waals surface area contributed by atoms with Crippen LogP contribution in [-0.2, 0) is 4.79 Å². The smallest absolute Gasteiger partial charge is 0.240 e. The molecule has 0 saturated heterocycles. The molecule has 1 fully saturated rings. The van der Waals surface area contributed by atoms with E-state index in [2.05, 4.69) is 15.3 Å². The van der Waals surface area contributed by atoms with Crippen molar-refractivity contribution in [3.63, 3.8) is 0 Å². The predicted octanol–water partition coefficient (Wildman–Crippen LogP) is 1.67. The van der Waals surface area contributed by atoms with E-state index in [9.17, 15) is 4.79 Å². The molecule has 0 spiro atoms. The highest BCUT2D eigenvalue weighted by atomic mass is 16.2. The van der Waals surface area contributed by atoms with E-state index in [1.165, 1.54) is 32.1 Å². The molecular formula is C14H22N4O. The molecule has 19 heavy (non-hydrogen) atoms. The molecule has 0 aromatic carbocycles. The van der Waals surface area contributed by atoms with Gasteiger partial charge in [-0.05, 0) is 19.8 Å². The van der Waals surface area contributed by atoms with Gasteiger partial charge in [-0.15, -0.1) is 0 Å². The predicted molar refractivity (Wildman–Crippen MR) is 75.1 cm³/mol. The Balaban J connectivity index is 1.83. The van der Waals surface area contributed by atoms with Gasteiger partial charge in [-0.3, -0.25) is 4.79 Å². The minimum Gasteiger partial charge on any atom is -0.312 e. The normalized spacial score (nSPS) is 16.3. The quantitative estimate of drug-likeness (QED) is 0.896. The van der Waals surface area contributed by atoms with Crippen LogP contribution in [0.3, 0.4) is 0 Å². The second-order valence-corrected chi connectivity index (χ2v) is 5.16. The molecule has 2 rings (SSSR count). The molecule has 1 aliphatic rings. The maximum absolute atomic E-state index is 12.1. The molecule has 104 valence electrons. The van der Waals surface area contributed by atoms with Crippen molar-refractivity contribution in [1.82, 2.24) is 15.3 Å². The van der Waals surface area contributed by atoms with Crippen LogP contribution in [0.15, 0.2) is 12.4 Å². The Hall–Kier alpha value is -1.49. The maximum atomic E-state index is 12.1. The lowest BCUT2D eigenvalue weighted by molar-refractivity contribution is -0.117. The van der Waals surface area contributed by atoms with E-state index in [1.807, 2.05) is 6.92 Å². The van der Waals surface area contributed by atoms with E-state index in [1.54, 1.807) is 24.3 Å². The second kappa shape index (κ2) is 6.61. The van der Waals surface area contributed by atoms with Crippen molar-refractivity contribution < 1.29 is 4.79 Å². The molecule has 0 atom stereocenters. The van der Waals surface area contributed by atoms with Crippen molar-refractivity contribution in [2.75, 3.05) is 18.5 Å². The van der Waals surface area contributed by atoms with Gasteiger partial charge in [-0.1, -0.05) is 19.3 Å². The van der Waals surface area contributed by atoms with Crippen LogP contribution >= 0.6 is 0 Å². The number of rotatable bonds is 4. The molecule has 1 heterocycles. The summed E-state index contributed by atoms with van der Waals surface area (Å²) in [4.78, 5) is 21.9. The topological polar surface area (TPSA) is 58.1 Å². The summed E-state index contributed by atoms with van der Waals surface area (Å²) in [5, 5.41) is 3.35. The van der Waals surface area contributed by atoms with E-state index < -0.39 is 0 Å². The van der Waals surface area contributed by atoms with E-state index >= 15 is 0 Å². The first-order chi connectivity index (χ1) is 9.16. The van der Waals surface area contributed by atoms with Crippen LogP contribution in [0.1, 0.15) is 37.9 Å². The average Bonchev–Trinajstić information content (AvgIpc) is 2.46. The van der Waals surface area contributed by atoms with E-state index in [4.69, 9.17) is 0 Å². The van der Waals surface area contributed by atoms with Gasteiger partial charge < -0.3 is 10.2 Å². The first-order valence-electron chi connectivity index (χ1n) is 6.95. The number of hydrogen-bond donors (Lipinski definition) is 1. The molecule has 1 N–H and O–H groups in total. The average molecular weight is 262 g/mol. The first-order valence-corrected chi connectivity index (χ1v) is 6.95. The number of anilines is 1. The zero-order valence-electron chi connectivity index (χ0n) is 11.7. The SMILES string of the molecule is Cc1ncc(N(C)C(=O)CNC2CCCCC2)cn1. The third-order valence-electron chi connectivity index (χ3n) is 3.68. The summed E-state index contributed by atoms with van der Waals surface area (Å²) < 4.78 is 0. The number of hydrogen-bond acceptors (Lipinski definition) is 4. The zero-order valence-corrected chi connectivity index (χ0v) is 11.7. The number of carbonyl (C=O) groups is 1. The van der Waals surface area contributed by atoms with E-state index in [-0.39, 0.29) is 5.91 Å². The second-order valence-electron chi connectivity index (χ2n) is 5.16. The number of amides is 1. The number of nitrogens with one attached hydrogen (secondary N) is 1. The number of likely N-dealkylation sites (N-methyl/N-ethyl adjacent to an activating group) is 1. The lowest BCUT2D eigenvalue weighted by Gasteiger charge is -2.24. The van der Waals surface area contributed by atoms with Crippen molar-refractivity contribution in [1.29, 1.82) is 0 Å². The van der Waals surface area contributed by atoms with Gasteiger partial charge in [0.25, 0.3) is 0 Å². The highest BCUT2D eigenvalue weighted by Gasteiger charge is 2.16. The fourth-order valence-electron chi connectivity index (χ4n) is 2.36. The summed E-state index contributed by atoms with van der Waals surface area (Å²) in [6, 6.07) is 0.500. The molecule has 1 aromatic heterocycles. The summed E-state index contributed by atoms with van der Waals surface area (Å²) in [5.74, 6) is 0.767. The van der Waals surface area contributed by atoms with Crippen molar-refractivity contribution in [3.05, 3.63) is 18.2 Å². The van der Waals surface area contributed by atoms with E-state index in [0.717, 1.165) is 5.69 Å².